The van der Waals surface area contributed by atoms with Gasteiger partial charge in [0, 0.05) is 22.6 Å². The minimum absolute atomic E-state index is 0.238. The van der Waals surface area contributed by atoms with Gasteiger partial charge < -0.3 is 4.90 Å². The molecule has 9 aromatic carbocycles. The topological polar surface area (TPSA) is 3.24 Å². The molecule has 1 aliphatic heterocycles. The lowest BCUT2D eigenvalue weighted by atomic mass is 9.71. The zero-order valence-electron chi connectivity index (χ0n) is 31.3. The second-order valence-corrected chi connectivity index (χ2v) is 16.0. The molecule has 1 unspecified atom stereocenters. The highest BCUT2D eigenvalue weighted by Crippen LogP contribution is 2.60. The van der Waals surface area contributed by atoms with Crippen LogP contribution < -0.4 is 4.90 Å². The summed E-state index contributed by atoms with van der Waals surface area (Å²) >= 11 is 0. The quantitative estimate of drug-likeness (QED) is 0.161. The predicted octanol–water partition coefficient (Wildman–Crippen LogP) is 14.7. The zero-order chi connectivity index (χ0) is 36.7. The number of benzene rings is 9. The van der Waals surface area contributed by atoms with Crippen LogP contribution in [-0.2, 0) is 11.8 Å². The molecule has 0 aromatic heterocycles. The second kappa shape index (κ2) is 12.3. The predicted molar refractivity (Wildman–Crippen MR) is 233 cm³/mol. The fraction of sp³-hybridized carbons (Fsp3) is 0.111. The van der Waals surface area contributed by atoms with Gasteiger partial charge in [-0.05, 0) is 120 Å². The summed E-state index contributed by atoms with van der Waals surface area (Å²) in [7, 11) is 0. The van der Waals surface area contributed by atoms with Crippen LogP contribution in [0.3, 0.4) is 0 Å². The van der Waals surface area contributed by atoms with Crippen LogP contribution in [0, 0.1) is 0 Å². The van der Waals surface area contributed by atoms with Gasteiger partial charge in [0.1, 0.15) is 0 Å². The summed E-state index contributed by atoms with van der Waals surface area (Å²) in [6, 6.07) is 68.0. The van der Waals surface area contributed by atoms with Crippen LogP contribution in [0.1, 0.15) is 54.0 Å². The van der Waals surface area contributed by atoms with Crippen molar-refractivity contribution in [3.63, 3.8) is 0 Å². The fourth-order valence-corrected chi connectivity index (χ4v) is 9.99. The second-order valence-electron chi connectivity index (χ2n) is 16.0. The minimum Gasteiger partial charge on any atom is -0.309 e. The molecule has 0 spiro atoms. The lowest BCUT2D eigenvalue weighted by molar-refractivity contribution is 0.631. The highest BCUT2D eigenvalue weighted by molar-refractivity contribution is 6.25. The van der Waals surface area contributed by atoms with Crippen molar-refractivity contribution >= 4 is 49.4 Å². The molecule has 2 aliphatic rings. The molecule has 0 saturated heterocycles. The van der Waals surface area contributed by atoms with E-state index in [2.05, 4.69) is 201 Å². The van der Waals surface area contributed by atoms with Gasteiger partial charge in [0.15, 0.2) is 0 Å². The van der Waals surface area contributed by atoms with Crippen molar-refractivity contribution in [1.82, 2.24) is 0 Å². The van der Waals surface area contributed by atoms with Crippen molar-refractivity contribution in [2.45, 2.75) is 38.0 Å². The number of para-hydroxylation sites is 1. The maximum Gasteiger partial charge on any atom is 0.0584 e. The van der Waals surface area contributed by atoms with E-state index in [1.54, 1.807) is 0 Å². The van der Waals surface area contributed by atoms with Gasteiger partial charge in [-0.2, -0.15) is 0 Å². The molecule has 1 heteroatoms. The molecular weight excluding hydrogens is 663 g/mol. The average Bonchev–Trinajstić information content (AvgIpc) is 3.57. The van der Waals surface area contributed by atoms with Crippen LogP contribution in [0.5, 0.6) is 0 Å². The normalized spacial score (nSPS) is 15.2. The van der Waals surface area contributed by atoms with E-state index < -0.39 is 0 Å². The smallest absolute Gasteiger partial charge is 0.0584 e. The number of rotatable bonds is 5. The summed E-state index contributed by atoms with van der Waals surface area (Å²) in [5.74, 6) is 0.349. The van der Waals surface area contributed by atoms with Gasteiger partial charge in [-0.1, -0.05) is 166 Å². The molecule has 0 amide bonds. The summed E-state index contributed by atoms with van der Waals surface area (Å²) in [4.78, 5) is 2.56. The van der Waals surface area contributed by atoms with E-state index in [0.717, 1.165) is 12.8 Å². The molecule has 0 N–H and O–H groups in total. The maximum absolute atomic E-state index is 2.56. The van der Waals surface area contributed by atoms with Crippen LogP contribution in [0.4, 0.5) is 17.1 Å². The van der Waals surface area contributed by atoms with Crippen LogP contribution in [0.15, 0.2) is 182 Å². The first kappa shape index (κ1) is 32.0. The van der Waals surface area contributed by atoms with E-state index in [1.807, 2.05) is 0 Å². The molecule has 1 aliphatic carbocycles. The number of aryl methyl sites for hydroxylation is 1. The van der Waals surface area contributed by atoms with Crippen LogP contribution in [0.2, 0.25) is 0 Å². The molecule has 0 fully saturated rings. The molecule has 0 saturated carbocycles. The van der Waals surface area contributed by atoms with Gasteiger partial charge in [-0.3, -0.25) is 0 Å². The van der Waals surface area contributed by atoms with Crippen molar-refractivity contribution in [2.75, 3.05) is 4.90 Å². The molecule has 55 heavy (non-hydrogen) atoms. The third-order valence-corrected chi connectivity index (χ3v) is 12.7. The van der Waals surface area contributed by atoms with Crippen molar-refractivity contribution in [3.8, 4) is 22.3 Å². The monoisotopic (exact) mass is 703 g/mol. The van der Waals surface area contributed by atoms with Crippen molar-refractivity contribution in [3.05, 3.63) is 210 Å². The molecule has 1 nitrogen and oxygen atoms in total. The fourth-order valence-electron chi connectivity index (χ4n) is 9.99. The van der Waals surface area contributed by atoms with Crippen molar-refractivity contribution in [1.29, 1.82) is 0 Å². The highest BCUT2D eigenvalue weighted by Gasteiger charge is 2.42. The molecule has 9 aromatic rings. The summed E-state index contributed by atoms with van der Waals surface area (Å²) in [6.07, 6.45) is 2.13. The lowest BCUT2D eigenvalue weighted by Crippen LogP contribution is -2.31. The Kier molecular flexibility index (Phi) is 7.16. The first-order chi connectivity index (χ1) is 27.1. The Morgan fingerprint density at radius 1 is 0.473 bits per heavy atom. The summed E-state index contributed by atoms with van der Waals surface area (Å²) in [5, 5.41) is 7.83. The van der Waals surface area contributed by atoms with Crippen molar-refractivity contribution in [2.24, 2.45) is 0 Å². The number of fused-ring (bicyclic) bond motifs is 12. The van der Waals surface area contributed by atoms with Gasteiger partial charge in [0.2, 0.25) is 0 Å². The van der Waals surface area contributed by atoms with Gasteiger partial charge in [0.05, 0.1) is 11.4 Å². The number of anilines is 3. The number of hydrogen-bond donors (Lipinski definition) is 0. The van der Waals surface area contributed by atoms with Gasteiger partial charge in [-0.15, -0.1) is 0 Å². The minimum atomic E-state index is -0.238. The summed E-state index contributed by atoms with van der Waals surface area (Å²) in [5.41, 5.74) is 15.8. The van der Waals surface area contributed by atoms with Crippen molar-refractivity contribution < 1.29 is 0 Å². The Balaban J connectivity index is 1.10. The third kappa shape index (κ3) is 4.86. The van der Waals surface area contributed by atoms with Crippen LogP contribution >= 0.6 is 0 Å². The Hall–Kier alpha value is -6.44. The van der Waals surface area contributed by atoms with E-state index >= 15 is 0 Å². The van der Waals surface area contributed by atoms with E-state index in [1.165, 1.54) is 99.5 Å². The van der Waals surface area contributed by atoms with E-state index in [4.69, 9.17) is 0 Å². The number of nitrogens with zero attached hydrogens (tertiary/aromatic N) is 1. The Morgan fingerprint density at radius 2 is 1.05 bits per heavy atom. The van der Waals surface area contributed by atoms with E-state index in [-0.39, 0.29) is 5.41 Å². The summed E-state index contributed by atoms with van der Waals surface area (Å²) in [6.45, 7) is 4.86. The standard InChI is InChI=1S/C54H41N/c1-54(2)49-31-30-47-44(28-25-35-15-5-3-6-16-35)42-22-13-14-24-46(42)52(47)53(49)55(38-17-7-4-8-18-38)51-32-27-37(34-50(51)54)36-26-29-45-41-21-10-9-19-39(41)40-20-11-12-23-43(40)48(45)33-36/h3-24,26-27,29-34,44H,25,28H2,1-2H3. The molecule has 1 heterocycles. The average molecular weight is 704 g/mol. The first-order valence-electron chi connectivity index (χ1n) is 19.7. The first-order valence-corrected chi connectivity index (χ1v) is 19.7. The summed E-state index contributed by atoms with van der Waals surface area (Å²) < 4.78 is 0. The number of hydrogen-bond acceptors (Lipinski definition) is 1. The Labute approximate surface area is 323 Å². The van der Waals surface area contributed by atoms with Gasteiger partial charge in [0.25, 0.3) is 0 Å². The molecule has 11 rings (SSSR count). The molecule has 0 bridgehead atoms. The van der Waals surface area contributed by atoms with E-state index in [9.17, 15) is 0 Å². The lowest BCUT2D eigenvalue weighted by Gasteiger charge is -2.43. The maximum atomic E-state index is 2.56. The Bertz CT molecular complexity index is 2920. The molecule has 262 valence electrons. The highest BCUT2D eigenvalue weighted by atomic mass is 15.2. The van der Waals surface area contributed by atoms with Gasteiger partial charge >= 0.3 is 0 Å². The van der Waals surface area contributed by atoms with Crippen LogP contribution in [0.25, 0.3) is 54.6 Å². The zero-order valence-corrected chi connectivity index (χ0v) is 31.3. The largest absolute Gasteiger partial charge is 0.309 e. The third-order valence-electron chi connectivity index (χ3n) is 12.7. The Morgan fingerprint density at radius 3 is 1.78 bits per heavy atom. The molecule has 1 atom stereocenters. The van der Waals surface area contributed by atoms with Crippen LogP contribution in [-0.4, -0.2) is 0 Å². The SMILES string of the molecule is CC1(C)c2cc(-c3ccc4c5ccccc5c5ccccc5c4c3)ccc2N(c2ccccc2)c2c1ccc1c2-c2ccccc2C1CCc1ccccc1. The molecule has 0 radical (unpaired) electrons. The van der Waals surface area contributed by atoms with E-state index in [0.29, 0.717) is 5.92 Å². The van der Waals surface area contributed by atoms with Gasteiger partial charge in [-0.25, -0.2) is 0 Å². The molecular formula is C54H41N.